The number of benzene rings is 1. The zero-order valence-electron chi connectivity index (χ0n) is 10.0. The van der Waals surface area contributed by atoms with Gasteiger partial charge in [0, 0.05) is 11.1 Å². The van der Waals surface area contributed by atoms with E-state index < -0.39 is 24.0 Å². The first-order chi connectivity index (χ1) is 8.34. The molecule has 6 nitrogen and oxygen atoms in total. The molecule has 1 amide bonds. The van der Waals surface area contributed by atoms with Crippen LogP contribution in [0.5, 0.6) is 5.75 Å². The van der Waals surface area contributed by atoms with E-state index in [9.17, 15) is 19.8 Å². The summed E-state index contributed by atoms with van der Waals surface area (Å²) in [6.45, 7) is 2.82. The summed E-state index contributed by atoms with van der Waals surface area (Å²) in [5.74, 6) is -2.03. The molecular formula is C12H15NO5. The standard InChI is InChI=1S/C12H15NO5/c1-6-8(4-3-5-9(6)15)11(16)13-10(7(2)14)12(17)18/h3-5,7,10,14-15H,1-2H3,(H,13,16)(H,17,18)/t7-,10+/m1/s1. The van der Waals surface area contributed by atoms with E-state index in [1.54, 1.807) is 6.92 Å². The zero-order valence-corrected chi connectivity index (χ0v) is 10.0. The quantitative estimate of drug-likeness (QED) is 0.616. The third kappa shape index (κ3) is 2.98. The number of amides is 1. The number of aliphatic carboxylic acids is 1. The molecule has 4 N–H and O–H groups in total. The molecule has 0 bridgehead atoms. The average Bonchev–Trinajstić information content (AvgIpc) is 2.28. The molecule has 0 spiro atoms. The van der Waals surface area contributed by atoms with Gasteiger partial charge in [-0.05, 0) is 26.0 Å². The van der Waals surface area contributed by atoms with E-state index in [4.69, 9.17) is 5.11 Å². The first-order valence-corrected chi connectivity index (χ1v) is 5.35. The fourth-order valence-electron chi connectivity index (χ4n) is 1.48. The molecule has 0 saturated heterocycles. The van der Waals surface area contributed by atoms with Crippen LogP contribution in [-0.4, -0.2) is 39.3 Å². The summed E-state index contributed by atoms with van der Waals surface area (Å²) >= 11 is 0. The summed E-state index contributed by atoms with van der Waals surface area (Å²) in [7, 11) is 0. The molecule has 0 aliphatic heterocycles. The van der Waals surface area contributed by atoms with Crippen LogP contribution in [0.2, 0.25) is 0 Å². The predicted molar refractivity (Wildman–Crippen MR) is 63.4 cm³/mol. The Labute approximate surface area is 104 Å². The Balaban J connectivity index is 2.94. The average molecular weight is 253 g/mol. The van der Waals surface area contributed by atoms with Crippen molar-refractivity contribution in [2.24, 2.45) is 0 Å². The molecule has 1 rings (SSSR count). The Kier molecular flexibility index (Phi) is 4.28. The molecule has 1 aromatic rings. The van der Waals surface area contributed by atoms with Crippen molar-refractivity contribution in [3.63, 3.8) is 0 Å². The Hall–Kier alpha value is -2.08. The van der Waals surface area contributed by atoms with Crippen molar-refractivity contribution in [1.82, 2.24) is 5.32 Å². The molecule has 0 aliphatic carbocycles. The molecule has 0 unspecified atom stereocenters. The summed E-state index contributed by atoms with van der Waals surface area (Å²) in [6, 6.07) is 2.98. The van der Waals surface area contributed by atoms with Crippen LogP contribution in [0.3, 0.4) is 0 Å². The topological polar surface area (TPSA) is 107 Å². The first kappa shape index (κ1) is 14.0. The highest BCUT2D eigenvalue weighted by molar-refractivity contribution is 5.98. The number of hydrogen-bond acceptors (Lipinski definition) is 4. The van der Waals surface area contributed by atoms with Crippen molar-refractivity contribution in [2.75, 3.05) is 0 Å². The van der Waals surface area contributed by atoms with Gasteiger partial charge in [-0.1, -0.05) is 6.07 Å². The monoisotopic (exact) mass is 253 g/mol. The van der Waals surface area contributed by atoms with E-state index in [1.165, 1.54) is 25.1 Å². The lowest BCUT2D eigenvalue weighted by Crippen LogP contribution is -2.47. The van der Waals surface area contributed by atoms with Gasteiger partial charge in [-0.3, -0.25) is 4.79 Å². The van der Waals surface area contributed by atoms with Gasteiger partial charge in [0.05, 0.1) is 6.10 Å². The maximum atomic E-state index is 11.8. The molecule has 1 aromatic carbocycles. The third-order valence-electron chi connectivity index (χ3n) is 2.58. The molecule has 2 atom stereocenters. The maximum Gasteiger partial charge on any atom is 0.328 e. The number of nitrogens with one attached hydrogen (secondary N) is 1. The number of aliphatic hydroxyl groups excluding tert-OH is 1. The number of aliphatic hydroxyl groups is 1. The Morgan fingerprint density at radius 3 is 2.44 bits per heavy atom. The summed E-state index contributed by atoms with van der Waals surface area (Å²) in [4.78, 5) is 22.7. The van der Waals surface area contributed by atoms with Gasteiger partial charge in [0.1, 0.15) is 5.75 Å². The maximum absolute atomic E-state index is 11.8. The third-order valence-corrected chi connectivity index (χ3v) is 2.58. The predicted octanol–water partition coefficient (Wildman–Crippen LogP) is 0.264. The number of carboxylic acids is 1. The lowest BCUT2D eigenvalue weighted by molar-refractivity contribution is -0.141. The molecule has 0 saturated carbocycles. The second-order valence-electron chi connectivity index (χ2n) is 3.98. The Bertz CT molecular complexity index is 470. The molecule has 0 fully saturated rings. The number of phenolic OH excluding ortho intramolecular Hbond substituents is 1. The smallest absolute Gasteiger partial charge is 0.328 e. The van der Waals surface area contributed by atoms with E-state index in [0.717, 1.165) is 0 Å². The number of carboxylic acid groups (broad SMARTS) is 1. The highest BCUT2D eigenvalue weighted by atomic mass is 16.4. The van der Waals surface area contributed by atoms with Gasteiger partial charge in [0.2, 0.25) is 0 Å². The Morgan fingerprint density at radius 2 is 1.94 bits per heavy atom. The second-order valence-corrected chi connectivity index (χ2v) is 3.98. The van der Waals surface area contributed by atoms with Crippen molar-refractivity contribution >= 4 is 11.9 Å². The van der Waals surface area contributed by atoms with Crippen LogP contribution >= 0.6 is 0 Å². The Morgan fingerprint density at radius 1 is 1.33 bits per heavy atom. The summed E-state index contributed by atoms with van der Waals surface area (Å²) in [5.41, 5.74) is 0.520. The highest BCUT2D eigenvalue weighted by Gasteiger charge is 2.26. The van der Waals surface area contributed by atoms with Crippen LogP contribution in [0.15, 0.2) is 18.2 Å². The van der Waals surface area contributed by atoms with Gasteiger partial charge in [0.25, 0.3) is 5.91 Å². The van der Waals surface area contributed by atoms with Crippen LogP contribution in [-0.2, 0) is 4.79 Å². The van der Waals surface area contributed by atoms with E-state index in [2.05, 4.69) is 5.32 Å². The minimum atomic E-state index is -1.39. The molecule has 0 aliphatic rings. The molecule has 98 valence electrons. The van der Waals surface area contributed by atoms with Gasteiger partial charge in [-0.25, -0.2) is 4.79 Å². The molecular weight excluding hydrogens is 238 g/mol. The van der Waals surface area contributed by atoms with Crippen molar-refractivity contribution in [2.45, 2.75) is 26.0 Å². The van der Waals surface area contributed by atoms with E-state index >= 15 is 0 Å². The van der Waals surface area contributed by atoms with Crippen molar-refractivity contribution in [3.05, 3.63) is 29.3 Å². The molecule has 6 heteroatoms. The van der Waals surface area contributed by atoms with Crippen molar-refractivity contribution in [3.8, 4) is 5.75 Å². The number of hydrogen-bond donors (Lipinski definition) is 4. The number of phenols is 1. The first-order valence-electron chi connectivity index (χ1n) is 5.35. The van der Waals surface area contributed by atoms with Gasteiger partial charge in [-0.2, -0.15) is 0 Å². The van der Waals surface area contributed by atoms with Crippen LogP contribution in [0, 0.1) is 6.92 Å². The summed E-state index contributed by atoms with van der Waals surface area (Å²) in [6.07, 6.45) is -1.22. The summed E-state index contributed by atoms with van der Waals surface area (Å²) < 4.78 is 0. The number of rotatable bonds is 4. The van der Waals surface area contributed by atoms with Crippen molar-refractivity contribution in [1.29, 1.82) is 0 Å². The lowest BCUT2D eigenvalue weighted by Gasteiger charge is -2.17. The fraction of sp³-hybridized carbons (Fsp3) is 0.333. The van der Waals surface area contributed by atoms with Crippen molar-refractivity contribution < 1.29 is 24.9 Å². The fourth-order valence-corrected chi connectivity index (χ4v) is 1.48. The van der Waals surface area contributed by atoms with Gasteiger partial charge >= 0.3 is 5.97 Å². The largest absolute Gasteiger partial charge is 0.508 e. The van der Waals surface area contributed by atoms with E-state index in [0.29, 0.717) is 5.56 Å². The minimum absolute atomic E-state index is 0.0495. The van der Waals surface area contributed by atoms with Crippen LogP contribution < -0.4 is 5.32 Å². The zero-order chi connectivity index (χ0) is 13.9. The highest BCUT2D eigenvalue weighted by Crippen LogP contribution is 2.19. The second kappa shape index (κ2) is 5.50. The minimum Gasteiger partial charge on any atom is -0.508 e. The lowest BCUT2D eigenvalue weighted by atomic mass is 10.1. The number of carbonyl (C=O) groups excluding carboxylic acids is 1. The normalized spacial score (nSPS) is 13.7. The molecule has 0 aromatic heterocycles. The van der Waals surface area contributed by atoms with Gasteiger partial charge in [-0.15, -0.1) is 0 Å². The van der Waals surface area contributed by atoms with E-state index in [1.807, 2.05) is 0 Å². The summed E-state index contributed by atoms with van der Waals surface area (Å²) in [5, 5.41) is 29.8. The van der Waals surface area contributed by atoms with Gasteiger partial charge < -0.3 is 20.6 Å². The van der Waals surface area contributed by atoms with Crippen LogP contribution in [0.1, 0.15) is 22.8 Å². The molecule has 0 radical (unpaired) electrons. The number of aromatic hydroxyl groups is 1. The number of carbonyl (C=O) groups is 2. The molecule has 0 heterocycles. The van der Waals surface area contributed by atoms with E-state index in [-0.39, 0.29) is 11.3 Å². The van der Waals surface area contributed by atoms with Gasteiger partial charge in [0.15, 0.2) is 6.04 Å². The van der Waals surface area contributed by atoms with Crippen LogP contribution in [0.4, 0.5) is 0 Å². The molecule has 18 heavy (non-hydrogen) atoms. The van der Waals surface area contributed by atoms with Crippen LogP contribution in [0.25, 0.3) is 0 Å². The SMILES string of the molecule is Cc1c(O)cccc1C(=O)N[C@H](C(=O)O)[C@@H](C)O.